The highest BCUT2D eigenvalue weighted by Crippen LogP contribution is 2.27. The maximum absolute atomic E-state index is 13.0. The molecule has 0 saturated carbocycles. The highest BCUT2D eigenvalue weighted by molar-refractivity contribution is 6.23. The van der Waals surface area contributed by atoms with Gasteiger partial charge in [-0.2, -0.15) is 0 Å². The fourth-order valence-corrected chi connectivity index (χ4v) is 3.56. The van der Waals surface area contributed by atoms with Crippen LogP contribution < -0.4 is 14.4 Å². The molecule has 1 fully saturated rings. The molecular weight excluding hydrogens is 384 g/mol. The first-order valence-electron chi connectivity index (χ1n) is 9.94. The molecule has 0 radical (unpaired) electrons. The van der Waals surface area contributed by atoms with Gasteiger partial charge in [-0.05, 0) is 55.3 Å². The van der Waals surface area contributed by atoms with E-state index in [0.29, 0.717) is 31.0 Å². The van der Waals surface area contributed by atoms with Crippen LogP contribution in [-0.2, 0) is 20.8 Å². The summed E-state index contributed by atoms with van der Waals surface area (Å²) in [4.78, 5) is 40.5. The van der Waals surface area contributed by atoms with Gasteiger partial charge in [0.2, 0.25) is 11.8 Å². The van der Waals surface area contributed by atoms with Crippen LogP contribution in [0, 0.1) is 0 Å². The Labute approximate surface area is 176 Å². The number of rotatable bonds is 8. The van der Waals surface area contributed by atoms with Crippen LogP contribution in [0.5, 0.6) is 11.5 Å². The maximum atomic E-state index is 13.0. The molecule has 0 aromatic heterocycles. The lowest BCUT2D eigenvalue weighted by molar-refractivity contribution is -0.136. The minimum Gasteiger partial charge on any atom is -0.497 e. The molecule has 1 saturated heterocycles. The molecule has 0 N–H and O–H groups in total. The minimum atomic E-state index is -0.792. The standard InChI is InChI=1S/C23H26N2O5/c1-4-30-20-11-7-18(8-12-20)25-22(27)15-21(23(25)28)24(16(2)26)14-13-17-5-9-19(29-3)10-6-17/h5-12,21H,4,13-15H2,1-3H3/t21-/m0/s1. The van der Waals surface area contributed by atoms with Crippen molar-refractivity contribution in [2.24, 2.45) is 0 Å². The predicted molar refractivity (Wildman–Crippen MR) is 113 cm³/mol. The number of ether oxygens (including phenoxy) is 2. The fourth-order valence-electron chi connectivity index (χ4n) is 3.56. The lowest BCUT2D eigenvalue weighted by Gasteiger charge is -2.26. The van der Waals surface area contributed by atoms with Crippen LogP contribution >= 0.6 is 0 Å². The number of methoxy groups -OCH3 is 1. The summed E-state index contributed by atoms with van der Waals surface area (Å²) in [5.41, 5.74) is 1.50. The van der Waals surface area contributed by atoms with Crippen molar-refractivity contribution < 1.29 is 23.9 Å². The molecule has 2 aromatic rings. The molecule has 1 atom stereocenters. The van der Waals surface area contributed by atoms with E-state index in [2.05, 4.69) is 0 Å². The van der Waals surface area contributed by atoms with Gasteiger partial charge in [0.15, 0.2) is 0 Å². The summed E-state index contributed by atoms with van der Waals surface area (Å²) in [6.07, 6.45) is 0.554. The van der Waals surface area contributed by atoms with E-state index < -0.39 is 6.04 Å². The molecule has 30 heavy (non-hydrogen) atoms. The summed E-state index contributed by atoms with van der Waals surface area (Å²) in [5, 5.41) is 0. The SMILES string of the molecule is CCOc1ccc(N2C(=O)C[C@H](N(CCc3ccc(OC)cc3)C(C)=O)C2=O)cc1. The van der Waals surface area contributed by atoms with Gasteiger partial charge in [-0.3, -0.25) is 14.4 Å². The Morgan fingerprint density at radius 3 is 2.27 bits per heavy atom. The lowest BCUT2D eigenvalue weighted by Crippen LogP contribution is -2.45. The smallest absolute Gasteiger partial charge is 0.257 e. The number of nitrogens with zero attached hydrogens (tertiary/aromatic N) is 2. The number of hydrogen-bond donors (Lipinski definition) is 0. The van der Waals surface area contributed by atoms with E-state index in [1.54, 1.807) is 31.4 Å². The first kappa shape index (κ1) is 21.4. The normalized spacial score (nSPS) is 16.0. The molecule has 7 heteroatoms. The van der Waals surface area contributed by atoms with Gasteiger partial charge in [-0.1, -0.05) is 12.1 Å². The second-order valence-electron chi connectivity index (χ2n) is 7.02. The molecule has 0 unspecified atom stereocenters. The van der Waals surface area contributed by atoms with E-state index in [-0.39, 0.29) is 24.1 Å². The third-order valence-corrected chi connectivity index (χ3v) is 5.11. The van der Waals surface area contributed by atoms with Gasteiger partial charge in [-0.25, -0.2) is 4.90 Å². The van der Waals surface area contributed by atoms with Crippen LogP contribution in [0.1, 0.15) is 25.8 Å². The average molecular weight is 410 g/mol. The third kappa shape index (κ3) is 4.62. The zero-order chi connectivity index (χ0) is 21.7. The Bertz CT molecular complexity index is 908. The second-order valence-corrected chi connectivity index (χ2v) is 7.02. The molecule has 7 nitrogen and oxygen atoms in total. The molecule has 1 aliphatic rings. The molecular formula is C23H26N2O5. The zero-order valence-electron chi connectivity index (χ0n) is 17.5. The molecule has 2 aromatic carbocycles. The molecule has 3 rings (SSSR count). The van der Waals surface area contributed by atoms with Crippen molar-refractivity contribution in [2.45, 2.75) is 32.7 Å². The number of benzene rings is 2. The van der Waals surface area contributed by atoms with E-state index in [0.717, 1.165) is 16.2 Å². The van der Waals surface area contributed by atoms with Crippen molar-refractivity contribution in [3.8, 4) is 11.5 Å². The number of hydrogen-bond acceptors (Lipinski definition) is 5. The van der Waals surface area contributed by atoms with Gasteiger partial charge in [0.1, 0.15) is 17.5 Å². The topological polar surface area (TPSA) is 76.2 Å². The van der Waals surface area contributed by atoms with E-state index in [4.69, 9.17) is 9.47 Å². The summed E-state index contributed by atoms with van der Waals surface area (Å²) >= 11 is 0. The first-order chi connectivity index (χ1) is 14.4. The van der Waals surface area contributed by atoms with Crippen LogP contribution in [0.2, 0.25) is 0 Å². The van der Waals surface area contributed by atoms with Gasteiger partial charge < -0.3 is 14.4 Å². The van der Waals surface area contributed by atoms with Crippen LogP contribution in [0.15, 0.2) is 48.5 Å². The molecule has 0 bridgehead atoms. The monoisotopic (exact) mass is 410 g/mol. The molecule has 0 aliphatic carbocycles. The highest BCUT2D eigenvalue weighted by atomic mass is 16.5. The predicted octanol–water partition coefficient (Wildman–Crippen LogP) is 2.82. The Morgan fingerprint density at radius 2 is 1.70 bits per heavy atom. The second kappa shape index (κ2) is 9.43. The number of amides is 3. The van der Waals surface area contributed by atoms with E-state index in [9.17, 15) is 14.4 Å². The van der Waals surface area contributed by atoms with Crippen molar-refractivity contribution >= 4 is 23.4 Å². The van der Waals surface area contributed by atoms with Gasteiger partial charge in [0.05, 0.1) is 25.8 Å². The zero-order valence-corrected chi connectivity index (χ0v) is 17.5. The average Bonchev–Trinajstić information content (AvgIpc) is 3.03. The molecule has 3 amide bonds. The maximum Gasteiger partial charge on any atom is 0.257 e. The van der Waals surface area contributed by atoms with Crippen LogP contribution in [0.25, 0.3) is 0 Å². The summed E-state index contributed by atoms with van der Waals surface area (Å²) in [7, 11) is 1.60. The van der Waals surface area contributed by atoms with Gasteiger partial charge >= 0.3 is 0 Å². The number of anilines is 1. The summed E-state index contributed by atoms with van der Waals surface area (Å²) in [6, 6.07) is 13.6. The summed E-state index contributed by atoms with van der Waals surface area (Å²) in [6.45, 7) is 4.19. The Balaban J connectivity index is 1.72. The molecule has 158 valence electrons. The number of imide groups is 1. The van der Waals surface area contributed by atoms with E-state index >= 15 is 0 Å². The number of carbonyl (C=O) groups is 3. The van der Waals surface area contributed by atoms with Crippen molar-refractivity contribution in [3.05, 3.63) is 54.1 Å². The number of carbonyl (C=O) groups excluding carboxylic acids is 3. The molecule has 0 spiro atoms. The quantitative estimate of drug-likeness (QED) is 0.626. The first-order valence-corrected chi connectivity index (χ1v) is 9.94. The molecule has 1 aliphatic heterocycles. The van der Waals surface area contributed by atoms with E-state index in [1.165, 1.54) is 11.8 Å². The van der Waals surface area contributed by atoms with Gasteiger partial charge in [0.25, 0.3) is 5.91 Å². The third-order valence-electron chi connectivity index (χ3n) is 5.11. The summed E-state index contributed by atoms with van der Waals surface area (Å²) in [5.74, 6) is 0.494. The Morgan fingerprint density at radius 1 is 1.07 bits per heavy atom. The van der Waals surface area contributed by atoms with Gasteiger partial charge in [0, 0.05) is 13.5 Å². The highest BCUT2D eigenvalue weighted by Gasteiger charge is 2.43. The minimum absolute atomic E-state index is 0.0196. The van der Waals surface area contributed by atoms with Crippen molar-refractivity contribution in [3.63, 3.8) is 0 Å². The van der Waals surface area contributed by atoms with Crippen LogP contribution in [-0.4, -0.2) is 48.9 Å². The lowest BCUT2D eigenvalue weighted by atomic mass is 10.1. The van der Waals surface area contributed by atoms with Crippen LogP contribution in [0.3, 0.4) is 0 Å². The Hall–Kier alpha value is -3.35. The largest absolute Gasteiger partial charge is 0.497 e. The van der Waals surface area contributed by atoms with E-state index in [1.807, 2.05) is 31.2 Å². The summed E-state index contributed by atoms with van der Waals surface area (Å²) < 4.78 is 10.6. The van der Waals surface area contributed by atoms with Crippen LogP contribution in [0.4, 0.5) is 5.69 Å². The van der Waals surface area contributed by atoms with Crippen molar-refractivity contribution in [2.75, 3.05) is 25.2 Å². The fraction of sp³-hybridized carbons (Fsp3) is 0.348. The van der Waals surface area contributed by atoms with Gasteiger partial charge in [-0.15, -0.1) is 0 Å². The van der Waals surface area contributed by atoms with Crippen molar-refractivity contribution in [1.29, 1.82) is 0 Å². The van der Waals surface area contributed by atoms with Crippen molar-refractivity contribution in [1.82, 2.24) is 4.90 Å². The Kier molecular flexibility index (Phi) is 6.72. The molecule has 1 heterocycles.